The first-order valence-electron chi connectivity index (χ1n) is 8.00. The fraction of sp³-hybridized carbons (Fsp3) is 0.588. The lowest BCUT2D eigenvalue weighted by molar-refractivity contribution is 0.0604. The SMILES string of the molecule is CCCOc1cccc(C(=O)N2CCCCC2CCN)c1. The zero-order valence-electron chi connectivity index (χ0n) is 12.9. The van der Waals surface area contributed by atoms with Crippen LogP contribution in [0.4, 0.5) is 0 Å². The first-order valence-corrected chi connectivity index (χ1v) is 8.00. The third-order valence-electron chi connectivity index (χ3n) is 3.94. The molecule has 4 heteroatoms. The standard InChI is InChI=1S/C17H26N2O2/c1-2-12-21-16-8-5-6-14(13-16)17(20)19-11-4-3-7-15(19)9-10-18/h5-6,8,13,15H,2-4,7,9-12,18H2,1H3. The van der Waals surface area contributed by atoms with Crippen molar-refractivity contribution in [1.29, 1.82) is 0 Å². The van der Waals surface area contributed by atoms with Crippen molar-refractivity contribution in [1.82, 2.24) is 4.90 Å². The Hall–Kier alpha value is -1.55. The molecule has 0 radical (unpaired) electrons. The maximum atomic E-state index is 12.7. The first-order chi connectivity index (χ1) is 10.3. The molecule has 21 heavy (non-hydrogen) atoms. The van der Waals surface area contributed by atoms with Crippen LogP contribution in [0.5, 0.6) is 5.75 Å². The highest BCUT2D eigenvalue weighted by Crippen LogP contribution is 2.23. The minimum atomic E-state index is 0.107. The summed E-state index contributed by atoms with van der Waals surface area (Å²) in [6.07, 6.45) is 5.18. The van der Waals surface area contributed by atoms with Crippen LogP contribution < -0.4 is 10.5 Å². The van der Waals surface area contributed by atoms with Gasteiger partial charge in [-0.25, -0.2) is 0 Å². The van der Waals surface area contributed by atoms with E-state index in [9.17, 15) is 4.79 Å². The Morgan fingerprint density at radius 3 is 3.05 bits per heavy atom. The Kier molecular flexibility index (Phi) is 6.05. The summed E-state index contributed by atoms with van der Waals surface area (Å²) in [5.74, 6) is 0.880. The average molecular weight is 290 g/mol. The molecule has 1 atom stereocenters. The van der Waals surface area contributed by atoms with E-state index in [1.165, 1.54) is 6.42 Å². The van der Waals surface area contributed by atoms with Crippen LogP contribution in [-0.2, 0) is 0 Å². The van der Waals surface area contributed by atoms with Crippen LogP contribution in [0.25, 0.3) is 0 Å². The van der Waals surface area contributed by atoms with Gasteiger partial charge in [0.1, 0.15) is 5.75 Å². The molecule has 1 aliphatic heterocycles. The second-order valence-electron chi connectivity index (χ2n) is 5.60. The van der Waals surface area contributed by atoms with Crippen LogP contribution in [-0.4, -0.2) is 36.5 Å². The summed E-state index contributed by atoms with van der Waals surface area (Å²) in [5.41, 5.74) is 6.40. The first kappa shape index (κ1) is 15.8. The molecular weight excluding hydrogens is 264 g/mol. The smallest absolute Gasteiger partial charge is 0.254 e. The van der Waals surface area contributed by atoms with Crippen LogP contribution >= 0.6 is 0 Å². The number of amides is 1. The van der Waals surface area contributed by atoms with E-state index in [0.29, 0.717) is 18.7 Å². The van der Waals surface area contributed by atoms with Crippen LogP contribution in [0.1, 0.15) is 49.4 Å². The maximum Gasteiger partial charge on any atom is 0.254 e. The lowest BCUT2D eigenvalue weighted by atomic mass is 9.98. The molecule has 0 spiro atoms. The number of piperidine rings is 1. The third kappa shape index (κ3) is 4.21. The highest BCUT2D eigenvalue weighted by atomic mass is 16.5. The topological polar surface area (TPSA) is 55.6 Å². The molecule has 0 aromatic heterocycles. The summed E-state index contributed by atoms with van der Waals surface area (Å²) in [6, 6.07) is 7.80. The van der Waals surface area contributed by atoms with E-state index in [1.807, 2.05) is 29.2 Å². The number of rotatable bonds is 6. The fourth-order valence-electron chi connectivity index (χ4n) is 2.87. The van der Waals surface area contributed by atoms with Gasteiger partial charge in [0.25, 0.3) is 5.91 Å². The van der Waals surface area contributed by atoms with Gasteiger partial charge >= 0.3 is 0 Å². The summed E-state index contributed by atoms with van der Waals surface area (Å²) in [6.45, 7) is 4.22. The van der Waals surface area contributed by atoms with Crippen molar-refractivity contribution >= 4 is 5.91 Å². The Labute approximate surface area is 127 Å². The molecule has 1 aromatic rings. The van der Waals surface area contributed by atoms with Crippen molar-refractivity contribution < 1.29 is 9.53 Å². The molecule has 1 unspecified atom stereocenters. The molecule has 1 fully saturated rings. The molecule has 116 valence electrons. The molecule has 1 aromatic carbocycles. The molecule has 1 aliphatic rings. The Bertz CT molecular complexity index is 460. The third-order valence-corrected chi connectivity index (χ3v) is 3.94. The zero-order valence-corrected chi connectivity index (χ0v) is 12.9. The van der Waals surface area contributed by atoms with Gasteiger partial charge in [-0.05, 0) is 56.8 Å². The molecule has 2 N–H and O–H groups in total. The van der Waals surface area contributed by atoms with Crippen molar-refractivity contribution in [3.8, 4) is 5.75 Å². The van der Waals surface area contributed by atoms with Gasteiger partial charge in [-0.1, -0.05) is 13.0 Å². The van der Waals surface area contributed by atoms with Crippen molar-refractivity contribution in [3.63, 3.8) is 0 Å². The summed E-state index contributed by atoms with van der Waals surface area (Å²) in [7, 11) is 0. The van der Waals surface area contributed by atoms with E-state index in [1.54, 1.807) is 0 Å². The fourth-order valence-corrected chi connectivity index (χ4v) is 2.87. The lowest BCUT2D eigenvalue weighted by Gasteiger charge is -2.35. The number of hydrogen-bond donors (Lipinski definition) is 1. The van der Waals surface area contributed by atoms with Crippen molar-refractivity contribution in [2.45, 2.75) is 45.1 Å². The molecule has 4 nitrogen and oxygen atoms in total. The Morgan fingerprint density at radius 1 is 1.43 bits per heavy atom. The monoisotopic (exact) mass is 290 g/mol. The van der Waals surface area contributed by atoms with Gasteiger partial charge in [0.15, 0.2) is 0 Å². The van der Waals surface area contributed by atoms with E-state index in [0.717, 1.165) is 38.0 Å². The largest absolute Gasteiger partial charge is 0.494 e. The molecule has 1 saturated heterocycles. The van der Waals surface area contributed by atoms with Gasteiger partial charge < -0.3 is 15.4 Å². The van der Waals surface area contributed by atoms with Gasteiger partial charge in [-0.15, -0.1) is 0 Å². The van der Waals surface area contributed by atoms with E-state index in [2.05, 4.69) is 6.92 Å². The van der Waals surface area contributed by atoms with E-state index < -0.39 is 0 Å². The molecule has 0 saturated carbocycles. The van der Waals surface area contributed by atoms with Gasteiger partial charge in [-0.3, -0.25) is 4.79 Å². The maximum absolute atomic E-state index is 12.7. The Morgan fingerprint density at radius 2 is 2.29 bits per heavy atom. The predicted molar refractivity (Wildman–Crippen MR) is 84.6 cm³/mol. The zero-order chi connectivity index (χ0) is 15.1. The molecule has 2 rings (SSSR count). The van der Waals surface area contributed by atoms with E-state index >= 15 is 0 Å². The predicted octanol–water partition coefficient (Wildman–Crippen LogP) is 2.82. The Balaban J connectivity index is 2.10. The van der Waals surface area contributed by atoms with E-state index in [-0.39, 0.29) is 11.9 Å². The number of nitrogens with two attached hydrogens (primary N) is 1. The van der Waals surface area contributed by atoms with Crippen LogP contribution in [0.3, 0.4) is 0 Å². The number of carbonyl (C=O) groups excluding carboxylic acids is 1. The van der Waals surface area contributed by atoms with Gasteiger partial charge in [0.2, 0.25) is 0 Å². The second kappa shape index (κ2) is 8.03. The number of hydrogen-bond acceptors (Lipinski definition) is 3. The van der Waals surface area contributed by atoms with Crippen molar-refractivity contribution in [2.75, 3.05) is 19.7 Å². The quantitative estimate of drug-likeness (QED) is 0.876. The number of likely N-dealkylation sites (tertiary alicyclic amines) is 1. The molecular formula is C17H26N2O2. The summed E-state index contributed by atoms with van der Waals surface area (Å²) < 4.78 is 5.62. The second-order valence-corrected chi connectivity index (χ2v) is 5.60. The summed E-state index contributed by atoms with van der Waals surface area (Å²) in [5, 5.41) is 0. The average Bonchev–Trinajstić information content (AvgIpc) is 2.53. The van der Waals surface area contributed by atoms with Gasteiger partial charge in [0, 0.05) is 18.2 Å². The van der Waals surface area contributed by atoms with Gasteiger partial charge in [0.05, 0.1) is 6.61 Å². The molecule has 1 heterocycles. The minimum Gasteiger partial charge on any atom is -0.494 e. The van der Waals surface area contributed by atoms with Crippen molar-refractivity contribution in [3.05, 3.63) is 29.8 Å². The summed E-state index contributed by atoms with van der Waals surface area (Å²) >= 11 is 0. The van der Waals surface area contributed by atoms with Crippen molar-refractivity contribution in [2.24, 2.45) is 5.73 Å². The van der Waals surface area contributed by atoms with Gasteiger partial charge in [-0.2, -0.15) is 0 Å². The number of ether oxygens (including phenoxy) is 1. The number of nitrogens with zero attached hydrogens (tertiary/aromatic N) is 1. The highest BCUT2D eigenvalue weighted by molar-refractivity contribution is 5.94. The number of carbonyl (C=O) groups is 1. The van der Waals surface area contributed by atoms with Crippen LogP contribution in [0.2, 0.25) is 0 Å². The highest BCUT2D eigenvalue weighted by Gasteiger charge is 2.26. The van der Waals surface area contributed by atoms with E-state index in [4.69, 9.17) is 10.5 Å². The van der Waals surface area contributed by atoms with Crippen LogP contribution in [0, 0.1) is 0 Å². The normalized spacial score (nSPS) is 18.6. The lowest BCUT2D eigenvalue weighted by Crippen LogP contribution is -2.44. The molecule has 0 aliphatic carbocycles. The molecule has 0 bridgehead atoms. The number of benzene rings is 1. The van der Waals surface area contributed by atoms with Crippen LogP contribution in [0.15, 0.2) is 24.3 Å². The molecule has 1 amide bonds. The summed E-state index contributed by atoms with van der Waals surface area (Å²) in [4.78, 5) is 14.7. The minimum absolute atomic E-state index is 0.107.